The Bertz CT molecular complexity index is 757. The Kier molecular flexibility index (Phi) is 9.57. The molecule has 31 heavy (non-hydrogen) atoms. The molecule has 5 nitrogen and oxygen atoms in total. The van der Waals surface area contributed by atoms with Gasteiger partial charge in [-0.05, 0) is 70.3 Å². The summed E-state index contributed by atoms with van der Waals surface area (Å²) in [7, 11) is 1.33. The van der Waals surface area contributed by atoms with E-state index >= 15 is 0 Å². The maximum absolute atomic E-state index is 12.2. The molecule has 1 aliphatic rings. The van der Waals surface area contributed by atoms with Crippen LogP contribution in [0, 0.1) is 11.3 Å². The number of aliphatic hydroxyl groups excluding tert-OH is 2. The first-order valence-corrected chi connectivity index (χ1v) is 11.5. The minimum Gasteiger partial charge on any atom is -0.472 e. The number of aliphatic hydroxyl groups is 2. The molecule has 0 spiro atoms. The normalized spacial score (nSPS) is 19.8. The number of hydrogen-bond donors (Lipinski definition) is 2. The number of esters is 1. The van der Waals surface area contributed by atoms with Crippen molar-refractivity contribution in [3.8, 4) is 0 Å². The van der Waals surface area contributed by atoms with E-state index in [4.69, 9.17) is 9.15 Å². The molecule has 2 N–H and O–H groups in total. The molecular weight excluding hydrogens is 392 g/mol. The average Bonchev–Trinajstić information content (AvgIpc) is 3.24. The maximum atomic E-state index is 12.2. The molecule has 3 atom stereocenters. The fraction of sp³-hybridized carbons (Fsp3) is 0.654. The molecular formula is C26H40O5. The number of rotatable bonds is 11. The van der Waals surface area contributed by atoms with Gasteiger partial charge in [0.15, 0.2) is 0 Å². The van der Waals surface area contributed by atoms with Gasteiger partial charge in [0.2, 0.25) is 0 Å². The molecule has 0 aliphatic heterocycles. The van der Waals surface area contributed by atoms with E-state index in [2.05, 4.69) is 33.8 Å². The van der Waals surface area contributed by atoms with Gasteiger partial charge in [0.1, 0.15) is 0 Å². The standard InChI is InChI=1S/C26H40O5/c1-18(11-12-22-19(2)9-7-14-26(22,3)4)8-6-10-21(25(29)30-5)24(28)16-23(27)20-13-15-31-17-20/h8,13,15,17,21,23-24,27-28H,6-7,9-12,14,16H2,1-5H3/b18-8+/t21?,23-,24+/m1/s1. The van der Waals surface area contributed by atoms with E-state index in [-0.39, 0.29) is 6.42 Å². The van der Waals surface area contributed by atoms with E-state index in [9.17, 15) is 15.0 Å². The van der Waals surface area contributed by atoms with Gasteiger partial charge in [-0.3, -0.25) is 4.79 Å². The SMILES string of the molecule is COC(=O)C(CC/C=C(\C)CCC1=C(C)CCCC1(C)C)[C@@H](O)C[C@@H](O)c1ccoc1. The molecule has 5 heteroatoms. The fourth-order valence-electron chi connectivity index (χ4n) is 4.77. The minimum atomic E-state index is -0.984. The average molecular weight is 433 g/mol. The van der Waals surface area contributed by atoms with Crippen LogP contribution in [0.5, 0.6) is 0 Å². The molecule has 0 saturated carbocycles. The third-order valence-corrected chi connectivity index (χ3v) is 6.79. The van der Waals surface area contributed by atoms with E-state index in [1.165, 1.54) is 44.5 Å². The van der Waals surface area contributed by atoms with Gasteiger partial charge in [-0.1, -0.05) is 36.6 Å². The second-order valence-corrected chi connectivity index (χ2v) is 9.63. The molecule has 1 aromatic rings. The van der Waals surface area contributed by atoms with Crippen LogP contribution in [0.4, 0.5) is 0 Å². The second kappa shape index (κ2) is 11.7. The molecule has 1 aliphatic carbocycles. The zero-order chi connectivity index (χ0) is 23.0. The summed E-state index contributed by atoms with van der Waals surface area (Å²) in [6.07, 6.45) is 10.3. The molecule has 0 saturated heterocycles. The van der Waals surface area contributed by atoms with Crippen LogP contribution in [0.3, 0.4) is 0 Å². The number of furan rings is 1. The van der Waals surface area contributed by atoms with Crippen LogP contribution in [-0.2, 0) is 9.53 Å². The van der Waals surface area contributed by atoms with Crippen LogP contribution in [0.1, 0.15) is 90.7 Å². The lowest BCUT2D eigenvalue weighted by Gasteiger charge is -2.35. The van der Waals surface area contributed by atoms with Crippen molar-refractivity contribution in [2.75, 3.05) is 7.11 Å². The Balaban J connectivity index is 1.90. The van der Waals surface area contributed by atoms with Crippen LogP contribution < -0.4 is 0 Å². The first kappa shape index (κ1) is 25.4. The van der Waals surface area contributed by atoms with Crippen LogP contribution in [0.2, 0.25) is 0 Å². The van der Waals surface area contributed by atoms with Gasteiger partial charge >= 0.3 is 5.97 Å². The fourth-order valence-corrected chi connectivity index (χ4v) is 4.77. The first-order chi connectivity index (χ1) is 14.7. The third kappa shape index (κ3) is 7.36. The summed E-state index contributed by atoms with van der Waals surface area (Å²) < 4.78 is 9.88. The number of methoxy groups -OCH3 is 1. The lowest BCUT2D eigenvalue weighted by atomic mass is 9.71. The number of hydrogen-bond acceptors (Lipinski definition) is 5. The van der Waals surface area contributed by atoms with Crippen molar-refractivity contribution >= 4 is 5.97 Å². The third-order valence-electron chi connectivity index (χ3n) is 6.79. The van der Waals surface area contributed by atoms with Gasteiger partial charge in [-0.2, -0.15) is 0 Å². The molecule has 2 rings (SSSR count). The van der Waals surface area contributed by atoms with Crippen molar-refractivity contribution in [2.45, 2.75) is 91.3 Å². The Labute approximate surface area is 187 Å². The van der Waals surface area contributed by atoms with Crippen molar-refractivity contribution < 1.29 is 24.2 Å². The largest absolute Gasteiger partial charge is 0.472 e. The minimum absolute atomic E-state index is 0.0600. The molecule has 0 fully saturated rings. The van der Waals surface area contributed by atoms with Crippen LogP contribution >= 0.6 is 0 Å². The lowest BCUT2D eigenvalue weighted by Crippen LogP contribution is -2.30. The molecule has 174 valence electrons. The molecule has 1 heterocycles. The zero-order valence-electron chi connectivity index (χ0n) is 19.8. The van der Waals surface area contributed by atoms with Crippen LogP contribution in [0.15, 0.2) is 45.8 Å². The highest BCUT2D eigenvalue weighted by molar-refractivity contribution is 5.72. The Morgan fingerprint density at radius 2 is 2.10 bits per heavy atom. The van der Waals surface area contributed by atoms with Gasteiger partial charge in [-0.15, -0.1) is 0 Å². The summed E-state index contributed by atoms with van der Waals surface area (Å²) in [5.74, 6) is -1.11. The number of allylic oxidation sites excluding steroid dienone is 4. The van der Waals surface area contributed by atoms with E-state index in [1.807, 2.05) is 0 Å². The van der Waals surface area contributed by atoms with Crippen LogP contribution in [0.25, 0.3) is 0 Å². The van der Waals surface area contributed by atoms with E-state index < -0.39 is 24.1 Å². The highest BCUT2D eigenvalue weighted by Gasteiger charge is 2.30. The van der Waals surface area contributed by atoms with Crippen molar-refractivity contribution in [3.63, 3.8) is 0 Å². The van der Waals surface area contributed by atoms with Gasteiger partial charge in [0, 0.05) is 12.0 Å². The van der Waals surface area contributed by atoms with Crippen molar-refractivity contribution in [1.82, 2.24) is 0 Å². The molecule has 0 aromatic carbocycles. The summed E-state index contributed by atoms with van der Waals surface area (Å²) in [4.78, 5) is 12.2. The molecule has 0 amide bonds. The van der Waals surface area contributed by atoms with E-state index in [0.717, 1.165) is 12.8 Å². The predicted octanol–water partition coefficient (Wildman–Crippen LogP) is 5.89. The second-order valence-electron chi connectivity index (χ2n) is 9.63. The van der Waals surface area contributed by atoms with Crippen molar-refractivity contribution in [1.29, 1.82) is 0 Å². The zero-order valence-corrected chi connectivity index (χ0v) is 19.8. The summed E-state index contributed by atoms with van der Waals surface area (Å²) in [5.41, 5.74) is 5.34. The number of carbonyl (C=O) groups is 1. The summed E-state index contributed by atoms with van der Waals surface area (Å²) in [6.45, 7) is 9.11. The smallest absolute Gasteiger partial charge is 0.311 e. The van der Waals surface area contributed by atoms with Crippen molar-refractivity contribution in [3.05, 3.63) is 47.0 Å². The van der Waals surface area contributed by atoms with Gasteiger partial charge in [0.25, 0.3) is 0 Å². The van der Waals surface area contributed by atoms with E-state index in [0.29, 0.717) is 23.8 Å². The predicted molar refractivity (Wildman–Crippen MR) is 122 cm³/mol. The molecule has 1 aromatic heterocycles. The first-order valence-electron chi connectivity index (χ1n) is 11.5. The van der Waals surface area contributed by atoms with Crippen molar-refractivity contribution in [2.24, 2.45) is 11.3 Å². The van der Waals surface area contributed by atoms with Gasteiger partial charge < -0.3 is 19.4 Å². The Morgan fingerprint density at radius 3 is 2.71 bits per heavy atom. The molecule has 0 radical (unpaired) electrons. The Hall–Kier alpha value is -1.85. The monoisotopic (exact) mass is 432 g/mol. The topological polar surface area (TPSA) is 79.9 Å². The van der Waals surface area contributed by atoms with Crippen LogP contribution in [-0.4, -0.2) is 29.4 Å². The quantitative estimate of drug-likeness (QED) is 0.337. The Morgan fingerprint density at radius 1 is 1.35 bits per heavy atom. The van der Waals surface area contributed by atoms with Gasteiger partial charge in [0.05, 0.1) is 37.8 Å². The maximum Gasteiger partial charge on any atom is 0.311 e. The summed E-state index contributed by atoms with van der Waals surface area (Å²) in [6, 6.07) is 1.65. The summed E-state index contributed by atoms with van der Waals surface area (Å²) >= 11 is 0. The highest BCUT2D eigenvalue weighted by atomic mass is 16.5. The number of carbonyl (C=O) groups excluding carboxylic acids is 1. The lowest BCUT2D eigenvalue weighted by molar-refractivity contribution is -0.150. The van der Waals surface area contributed by atoms with E-state index in [1.54, 1.807) is 17.2 Å². The molecule has 0 bridgehead atoms. The highest BCUT2D eigenvalue weighted by Crippen LogP contribution is 2.42. The molecule has 1 unspecified atom stereocenters. The van der Waals surface area contributed by atoms with Gasteiger partial charge in [-0.25, -0.2) is 0 Å². The number of ether oxygens (including phenoxy) is 1. The summed E-state index contributed by atoms with van der Waals surface area (Å²) in [5, 5.41) is 20.9.